The molecule has 0 fully saturated rings. The Bertz CT molecular complexity index is 1010. The second-order valence-corrected chi connectivity index (χ2v) is 7.07. The van der Waals surface area contributed by atoms with Gasteiger partial charge in [0.2, 0.25) is 11.9 Å². The SMILES string of the molecule is Cc1ccc(C(C)C)c(OCC(=O)OCc2nc(N)nc(Nc3ccccc3)n2)c1. The van der Waals surface area contributed by atoms with Crippen molar-refractivity contribution in [3.63, 3.8) is 0 Å². The molecule has 0 spiro atoms. The minimum Gasteiger partial charge on any atom is -0.482 e. The molecule has 0 saturated carbocycles. The van der Waals surface area contributed by atoms with E-state index in [9.17, 15) is 4.79 Å². The van der Waals surface area contributed by atoms with Gasteiger partial charge in [0.25, 0.3) is 0 Å². The van der Waals surface area contributed by atoms with E-state index >= 15 is 0 Å². The summed E-state index contributed by atoms with van der Waals surface area (Å²) in [5, 5.41) is 3.03. The van der Waals surface area contributed by atoms with E-state index in [4.69, 9.17) is 15.2 Å². The third-order valence-electron chi connectivity index (χ3n) is 4.23. The van der Waals surface area contributed by atoms with Crippen molar-refractivity contribution in [2.75, 3.05) is 17.7 Å². The van der Waals surface area contributed by atoms with Crippen molar-refractivity contribution in [2.45, 2.75) is 33.3 Å². The van der Waals surface area contributed by atoms with Crippen molar-refractivity contribution < 1.29 is 14.3 Å². The van der Waals surface area contributed by atoms with Crippen LogP contribution >= 0.6 is 0 Å². The molecule has 0 bridgehead atoms. The summed E-state index contributed by atoms with van der Waals surface area (Å²) in [4.78, 5) is 24.4. The van der Waals surface area contributed by atoms with Crippen molar-refractivity contribution >= 4 is 23.6 Å². The Labute approximate surface area is 175 Å². The molecule has 3 N–H and O–H groups in total. The van der Waals surface area contributed by atoms with E-state index in [0.29, 0.717) is 5.75 Å². The predicted octanol–water partition coefficient (Wildman–Crippen LogP) is 3.75. The molecule has 8 nitrogen and oxygen atoms in total. The van der Waals surface area contributed by atoms with Crippen LogP contribution in [0.5, 0.6) is 5.75 Å². The molecule has 1 aromatic heterocycles. The molecule has 3 rings (SSSR count). The van der Waals surface area contributed by atoms with E-state index < -0.39 is 5.97 Å². The standard InChI is InChI=1S/C22H25N5O3/c1-14(2)17-10-9-15(3)11-18(17)29-13-20(28)30-12-19-25-21(23)27-22(26-19)24-16-7-5-4-6-8-16/h4-11,14H,12-13H2,1-3H3,(H3,23,24,25,26,27). The Morgan fingerprint density at radius 3 is 2.60 bits per heavy atom. The molecule has 0 aliphatic heterocycles. The molecule has 0 radical (unpaired) electrons. The number of aryl methyl sites for hydroxylation is 1. The maximum atomic E-state index is 12.2. The van der Waals surface area contributed by atoms with Gasteiger partial charge >= 0.3 is 5.97 Å². The van der Waals surface area contributed by atoms with E-state index in [-0.39, 0.29) is 36.9 Å². The average Bonchev–Trinajstić information content (AvgIpc) is 2.71. The lowest BCUT2D eigenvalue weighted by atomic mass is 10.0. The summed E-state index contributed by atoms with van der Waals surface area (Å²) in [7, 11) is 0. The molecular weight excluding hydrogens is 382 g/mol. The predicted molar refractivity (Wildman–Crippen MR) is 115 cm³/mol. The number of rotatable bonds is 8. The van der Waals surface area contributed by atoms with Crippen molar-refractivity contribution in [1.82, 2.24) is 15.0 Å². The Balaban J connectivity index is 1.58. The van der Waals surface area contributed by atoms with E-state index in [1.807, 2.05) is 55.5 Å². The molecule has 156 valence electrons. The summed E-state index contributed by atoms with van der Waals surface area (Å²) < 4.78 is 10.9. The molecular formula is C22H25N5O3. The number of esters is 1. The number of hydrogen-bond donors (Lipinski definition) is 2. The van der Waals surface area contributed by atoms with E-state index in [2.05, 4.69) is 34.1 Å². The van der Waals surface area contributed by atoms with Crippen molar-refractivity contribution in [2.24, 2.45) is 0 Å². The van der Waals surface area contributed by atoms with Crippen LogP contribution in [0.25, 0.3) is 0 Å². The molecule has 30 heavy (non-hydrogen) atoms. The van der Waals surface area contributed by atoms with E-state index in [0.717, 1.165) is 16.8 Å². The number of carbonyl (C=O) groups excluding carboxylic acids is 1. The summed E-state index contributed by atoms with van der Waals surface area (Å²) >= 11 is 0. The molecule has 1 heterocycles. The van der Waals surface area contributed by atoms with Crippen LogP contribution in [0.15, 0.2) is 48.5 Å². The number of nitrogen functional groups attached to an aromatic ring is 1. The van der Waals surface area contributed by atoms with Crippen LogP contribution in [0.1, 0.15) is 36.7 Å². The zero-order chi connectivity index (χ0) is 21.5. The Hall–Kier alpha value is -3.68. The van der Waals surface area contributed by atoms with E-state index in [1.165, 1.54) is 0 Å². The van der Waals surface area contributed by atoms with Gasteiger partial charge in [0.15, 0.2) is 19.0 Å². The molecule has 3 aromatic rings. The normalized spacial score (nSPS) is 10.7. The van der Waals surface area contributed by atoms with Crippen molar-refractivity contribution in [1.29, 1.82) is 0 Å². The summed E-state index contributed by atoms with van der Waals surface area (Å²) in [5.41, 5.74) is 8.64. The molecule has 0 unspecified atom stereocenters. The largest absolute Gasteiger partial charge is 0.482 e. The number of aromatic nitrogens is 3. The molecule has 0 atom stereocenters. The first-order chi connectivity index (χ1) is 14.4. The first-order valence-corrected chi connectivity index (χ1v) is 9.62. The quantitative estimate of drug-likeness (QED) is 0.543. The highest BCUT2D eigenvalue weighted by atomic mass is 16.6. The third kappa shape index (κ3) is 5.91. The van der Waals surface area contributed by atoms with Crippen LogP contribution in [-0.2, 0) is 16.1 Å². The van der Waals surface area contributed by atoms with Crippen LogP contribution in [0.4, 0.5) is 17.6 Å². The number of anilines is 3. The van der Waals surface area contributed by atoms with Crippen LogP contribution in [0, 0.1) is 6.92 Å². The first kappa shape index (κ1) is 21.0. The number of hydrogen-bond acceptors (Lipinski definition) is 8. The zero-order valence-electron chi connectivity index (χ0n) is 17.3. The number of benzene rings is 2. The maximum absolute atomic E-state index is 12.2. The minimum atomic E-state index is -0.525. The molecule has 0 aliphatic rings. The van der Waals surface area contributed by atoms with Gasteiger partial charge in [-0.15, -0.1) is 0 Å². The monoisotopic (exact) mass is 407 g/mol. The number of nitrogens with two attached hydrogens (primary N) is 1. The molecule has 0 saturated heterocycles. The fourth-order valence-corrected chi connectivity index (χ4v) is 2.78. The lowest BCUT2D eigenvalue weighted by molar-refractivity contribution is -0.147. The van der Waals surface area contributed by atoms with Gasteiger partial charge in [-0.3, -0.25) is 0 Å². The maximum Gasteiger partial charge on any atom is 0.344 e. The molecule has 0 aliphatic carbocycles. The van der Waals surface area contributed by atoms with Gasteiger partial charge < -0.3 is 20.5 Å². The Morgan fingerprint density at radius 2 is 1.87 bits per heavy atom. The van der Waals surface area contributed by atoms with Gasteiger partial charge in [-0.2, -0.15) is 15.0 Å². The molecule has 8 heteroatoms. The topological polar surface area (TPSA) is 112 Å². The highest BCUT2D eigenvalue weighted by Gasteiger charge is 2.12. The highest BCUT2D eigenvalue weighted by molar-refractivity contribution is 5.71. The van der Waals surface area contributed by atoms with Crippen LogP contribution < -0.4 is 15.8 Å². The fourth-order valence-electron chi connectivity index (χ4n) is 2.78. The van der Waals surface area contributed by atoms with Crippen LogP contribution in [-0.4, -0.2) is 27.5 Å². The molecule has 2 aromatic carbocycles. The molecule has 0 amide bonds. The summed E-state index contributed by atoms with van der Waals surface area (Å²) in [5.74, 6) is 0.987. The van der Waals surface area contributed by atoms with Gasteiger partial charge in [0.1, 0.15) is 5.75 Å². The number of nitrogens with zero attached hydrogens (tertiary/aromatic N) is 3. The fraction of sp³-hybridized carbons (Fsp3) is 0.273. The number of para-hydroxylation sites is 1. The van der Waals surface area contributed by atoms with Crippen LogP contribution in [0.3, 0.4) is 0 Å². The van der Waals surface area contributed by atoms with Crippen molar-refractivity contribution in [3.8, 4) is 5.75 Å². The lowest BCUT2D eigenvalue weighted by Crippen LogP contribution is -2.17. The lowest BCUT2D eigenvalue weighted by Gasteiger charge is -2.14. The first-order valence-electron chi connectivity index (χ1n) is 9.62. The summed E-state index contributed by atoms with van der Waals surface area (Å²) in [6, 6.07) is 15.4. The third-order valence-corrected chi connectivity index (χ3v) is 4.23. The average molecular weight is 407 g/mol. The summed E-state index contributed by atoms with van der Waals surface area (Å²) in [6.45, 7) is 5.77. The highest BCUT2D eigenvalue weighted by Crippen LogP contribution is 2.27. The second-order valence-electron chi connectivity index (χ2n) is 7.07. The van der Waals surface area contributed by atoms with Gasteiger partial charge in [0, 0.05) is 5.69 Å². The van der Waals surface area contributed by atoms with Crippen LogP contribution in [0.2, 0.25) is 0 Å². The number of carbonyl (C=O) groups is 1. The van der Waals surface area contributed by atoms with Gasteiger partial charge in [0.05, 0.1) is 0 Å². The number of nitrogens with one attached hydrogen (secondary N) is 1. The minimum absolute atomic E-state index is 0.0343. The second kappa shape index (κ2) is 9.69. The van der Waals surface area contributed by atoms with Gasteiger partial charge in [-0.1, -0.05) is 44.2 Å². The van der Waals surface area contributed by atoms with Gasteiger partial charge in [-0.05, 0) is 42.2 Å². The van der Waals surface area contributed by atoms with Gasteiger partial charge in [-0.25, -0.2) is 4.79 Å². The van der Waals surface area contributed by atoms with Crippen molar-refractivity contribution in [3.05, 3.63) is 65.5 Å². The zero-order valence-corrected chi connectivity index (χ0v) is 17.3. The Kier molecular flexibility index (Phi) is 6.79. The summed E-state index contributed by atoms with van der Waals surface area (Å²) in [6.07, 6.45) is 0. The number of ether oxygens (including phenoxy) is 2. The smallest absolute Gasteiger partial charge is 0.344 e. The Morgan fingerprint density at radius 1 is 1.10 bits per heavy atom. The van der Waals surface area contributed by atoms with E-state index in [1.54, 1.807) is 0 Å².